The molecule has 2 aromatic carbocycles. The monoisotopic (exact) mass is 463 g/mol. The van der Waals surface area contributed by atoms with Crippen molar-refractivity contribution in [3.63, 3.8) is 0 Å². The van der Waals surface area contributed by atoms with Crippen LogP contribution in [0.5, 0.6) is 0 Å². The summed E-state index contributed by atoms with van der Waals surface area (Å²) in [5.41, 5.74) is 1.69. The summed E-state index contributed by atoms with van der Waals surface area (Å²) in [5, 5.41) is 0. The van der Waals surface area contributed by atoms with Gasteiger partial charge in [-0.05, 0) is 58.6 Å². The van der Waals surface area contributed by atoms with Gasteiger partial charge in [-0.3, -0.25) is 14.5 Å². The number of carbonyl (C=O) groups excluding carboxylic acids is 2. The minimum Gasteiger partial charge on any atom is -0.294 e. The molecule has 0 saturated carbocycles. The molecule has 0 radical (unpaired) electrons. The van der Waals surface area contributed by atoms with E-state index in [1.807, 2.05) is 24.3 Å². The lowest BCUT2D eigenvalue weighted by Gasteiger charge is -2.38. The Labute approximate surface area is 174 Å². The molecule has 0 aromatic heterocycles. The van der Waals surface area contributed by atoms with Gasteiger partial charge in [0.1, 0.15) is 0 Å². The van der Waals surface area contributed by atoms with Gasteiger partial charge in [-0.15, -0.1) is 0 Å². The number of Topliss-reactive ketones (excluding diaryl/α,β-unsaturated/α-hetero) is 1. The highest BCUT2D eigenvalue weighted by molar-refractivity contribution is 9.10. The number of nitrogens with zero attached hydrogens (tertiary/aromatic N) is 1. The number of ketones is 1. The molecular formula is C22H17BrF3NO2. The number of halogens is 4. The highest BCUT2D eigenvalue weighted by Crippen LogP contribution is 2.45. The molecule has 3 nitrogen and oxygen atoms in total. The number of rotatable bonds is 2. The van der Waals surface area contributed by atoms with Crippen molar-refractivity contribution in [1.82, 2.24) is 0 Å². The quantitative estimate of drug-likeness (QED) is 0.547. The van der Waals surface area contributed by atoms with Crippen molar-refractivity contribution in [3.05, 3.63) is 75.4 Å². The highest BCUT2D eigenvalue weighted by Gasteiger charge is 2.40. The second-order valence-corrected chi connectivity index (χ2v) is 8.05. The van der Waals surface area contributed by atoms with E-state index >= 15 is 0 Å². The Morgan fingerprint density at radius 2 is 1.66 bits per heavy atom. The first kappa shape index (κ1) is 19.9. The maximum atomic E-state index is 13.1. The average Bonchev–Trinajstić information content (AvgIpc) is 2.68. The third-order valence-corrected chi connectivity index (χ3v) is 6.08. The van der Waals surface area contributed by atoms with E-state index < -0.39 is 17.7 Å². The van der Waals surface area contributed by atoms with Gasteiger partial charge in [0.25, 0.3) is 0 Å². The first-order valence-corrected chi connectivity index (χ1v) is 10.1. The number of allylic oxidation sites excluding steroid dienone is 2. The second-order valence-electron chi connectivity index (χ2n) is 7.19. The van der Waals surface area contributed by atoms with Gasteiger partial charge < -0.3 is 0 Å². The van der Waals surface area contributed by atoms with Crippen molar-refractivity contribution < 1.29 is 22.8 Å². The second kappa shape index (κ2) is 7.44. The van der Waals surface area contributed by atoms with E-state index in [1.165, 1.54) is 12.1 Å². The Balaban J connectivity index is 1.81. The van der Waals surface area contributed by atoms with Crippen molar-refractivity contribution in [2.75, 3.05) is 4.90 Å². The van der Waals surface area contributed by atoms with Gasteiger partial charge in [0, 0.05) is 34.5 Å². The molecule has 0 fully saturated rings. The van der Waals surface area contributed by atoms with Crippen molar-refractivity contribution in [1.29, 1.82) is 0 Å². The van der Waals surface area contributed by atoms with Crippen LogP contribution in [0, 0.1) is 0 Å². The molecule has 150 valence electrons. The van der Waals surface area contributed by atoms with E-state index in [-0.39, 0.29) is 18.1 Å². The molecule has 1 atom stereocenters. The lowest BCUT2D eigenvalue weighted by atomic mass is 9.77. The molecule has 1 heterocycles. The Hall–Kier alpha value is -2.41. The zero-order valence-corrected chi connectivity index (χ0v) is 16.9. The number of carbonyl (C=O) groups is 2. The molecule has 7 heteroatoms. The lowest BCUT2D eigenvalue weighted by molar-refractivity contribution is -0.137. The van der Waals surface area contributed by atoms with E-state index in [4.69, 9.17) is 0 Å². The number of anilines is 1. The Bertz CT molecular complexity index is 1010. The fourth-order valence-corrected chi connectivity index (χ4v) is 4.56. The van der Waals surface area contributed by atoms with Crippen molar-refractivity contribution in [2.24, 2.45) is 0 Å². The van der Waals surface area contributed by atoms with Crippen LogP contribution in [0.3, 0.4) is 0 Å². The largest absolute Gasteiger partial charge is 0.416 e. The SMILES string of the molecule is O=C1CCCC2=C1C(c1ccc(C(F)(F)F)cc1)CC(=O)N2c1ccccc1Br. The maximum absolute atomic E-state index is 13.1. The minimum absolute atomic E-state index is 0.0390. The van der Waals surface area contributed by atoms with Gasteiger partial charge in [-0.25, -0.2) is 0 Å². The number of alkyl halides is 3. The first-order chi connectivity index (χ1) is 13.8. The molecule has 29 heavy (non-hydrogen) atoms. The molecule has 2 aromatic rings. The van der Waals surface area contributed by atoms with Gasteiger partial charge in [0.15, 0.2) is 5.78 Å². The van der Waals surface area contributed by atoms with Crippen LogP contribution in [0.2, 0.25) is 0 Å². The van der Waals surface area contributed by atoms with Crippen molar-refractivity contribution in [2.45, 2.75) is 37.8 Å². The third-order valence-electron chi connectivity index (χ3n) is 5.41. The molecule has 4 rings (SSSR count). The number of para-hydroxylation sites is 1. The fraction of sp³-hybridized carbons (Fsp3) is 0.273. The van der Waals surface area contributed by atoms with Crippen molar-refractivity contribution in [3.8, 4) is 0 Å². The van der Waals surface area contributed by atoms with Gasteiger partial charge in [-0.2, -0.15) is 13.2 Å². The van der Waals surface area contributed by atoms with Gasteiger partial charge in [0.05, 0.1) is 11.3 Å². The van der Waals surface area contributed by atoms with Crippen LogP contribution in [-0.2, 0) is 15.8 Å². The Kier molecular flexibility index (Phi) is 5.11. The number of amides is 1. The van der Waals surface area contributed by atoms with E-state index in [2.05, 4.69) is 15.9 Å². The summed E-state index contributed by atoms with van der Waals surface area (Å²) in [6.45, 7) is 0. The van der Waals surface area contributed by atoms with Crippen LogP contribution in [0.4, 0.5) is 18.9 Å². The van der Waals surface area contributed by atoms with Crippen LogP contribution in [0.1, 0.15) is 42.7 Å². The summed E-state index contributed by atoms with van der Waals surface area (Å²) in [4.78, 5) is 27.5. The predicted octanol–water partition coefficient (Wildman–Crippen LogP) is 6.00. The first-order valence-electron chi connectivity index (χ1n) is 9.28. The lowest BCUT2D eigenvalue weighted by Crippen LogP contribution is -2.40. The topological polar surface area (TPSA) is 37.4 Å². The normalized spacial score (nSPS) is 20.1. The Morgan fingerprint density at radius 3 is 2.31 bits per heavy atom. The van der Waals surface area contributed by atoms with Crippen LogP contribution in [0.15, 0.2) is 64.3 Å². The zero-order chi connectivity index (χ0) is 20.8. The smallest absolute Gasteiger partial charge is 0.294 e. The van der Waals surface area contributed by atoms with Crippen molar-refractivity contribution >= 4 is 33.3 Å². The van der Waals surface area contributed by atoms with Crippen LogP contribution in [-0.4, -0.2) is 11.7 Å². The molecule has 1 aliphatic heterocycles. The van der Waals surface area contributed by atoms with Crippen LogP contribution < -0.4 is 4.90 Å². The highest BCUT2D eigenvalue weighted by atomic mass is 79.9. The number of hydrogen-bond donors (Lipinski definition) is 0. The third kappa shape index (κ3) is 3.64. The average molecular weight is 464 g/mol. The van der Waals surface area contributed by atoms with E-state index in [0.29, 0.717) is 41.8 Å². The van der Waals surface area contributed by atoms with E-state index in [9.17, 15) is 22.8 Å². The fourth-order valence-electron chi connectivity index (χ4n) is 4.09. The number of benzene rings is 2. The summed E-state index contributed by atoms with van der Waals surface area (Å²) >= 11 is 3.47. The molecule has 1 unspecified atom stereocenters. The summed E-state index contributed by atoms with van der Waals surface area (Å²) in [6, 6.07) is 12.1. The molecule has 1 amide bonds. The van der Waals surface area contributed by atoms with Gasteiger partial charge in [-0.1, -0.05) is 24.3 Å². The van der Waals surface area contributed by atoms with E-state index in [0.717, 1.165) is 16.6 Å². The summed E-state index contributed by atoms with van der Waals surface area (Å²) in [7, 11) is 0. The van der Waals surface area contributed by atoms with Crippen LogP contribution >= 0.6 is 15.9 Å². The summed E-state index contributed by atoms with van der Waals surface area (Å²) < 4.78 is 39.4. The van der Waals surface area contributed by atoms with Crippen LogP contribution in [0.25, 0.3) is 0 Å². The zero-order valence-electron chi connectivity index (χ0n) is 15.3. The molecule has 0 spiro atoms. The molecular weight excluding hydrogens is 447 g/mol. The van der Waals surface area contributed by atoms with E-state index in [1.54, 1.807) is 4.90 Å². The maximum Gasteiger partial charge on any atom is 0.416 e. The molecule has 1 aliphatic carbocycles. The summed E-state index contributed by atoms with van der Waals surface area (Å²) in [6.07, 6.45) is -2.79. The minimum atomic E-state index is -4.43. The number of hydrogen-bond acceptors (Lipinski definition) is 2. The van der Waals surface area contributed by atoms with Gasteiger partial charge >= 0.3 is 6.18 Å². The molecule has 0 bridgehead atoms. The molecule has 2 aliphatic rings. The standard InChI is InChI=1S/C22H17BrF3NO2/c23-16-4-1-2-5-17(16)27-18-6-3-7-19(28)21(18)15(12-20(27)29)13-8-10-14(11-9-13)22(24,25)26/h1-2,4-5,8-11,15H,3,6-7,12H2. The summed E-state index contributed by atoms with van der Waals surface area (Å²) in [5.74, 6) is -0.734. The van der Waals surface area contributed by atoms with Gasteiger partial charge in [0.2, 0.25) is 5.91 Å². The Morgan fingerprint density at radius 1 is 0.966 bits per heavy atom. The predicted molar refractivity (Wildman–Crippen MR) is 106 cm³/mol. The molecule has 0 N–H and O–H groups in total. The molecule has 0 saturated heterocycles.